The Bertz CT molecular complexity index is 1220. The van der Waals surface area contributed by atoms with Gasteiger partial charge >= 0.3 is 0 Å². The average Bonchev–Trinajstić information content (AvgIpc) is 3.35. The molecule has 2 heterocycles. The number of hydrogen-bond donors (Lipinski definition) is 0. The second kappa shape index (κ2) is 11.6. The van der Waals surface area contributed by atoms with Gasteiger partial charge < -0.3 is 19.0 Å². The highest BCUT2D eigenvalue weighted by Crippen LogP contribution is 2.53. The monoisotopic (exact) mass is 525 g/mol. The third kappa shape index (κ3) is 5.54. The summed E-state index contributed by atoms with van der Waals surface area (Å²) < 4.78 is 19.0. The summed E-state index contributed by atoms with van der Waals surface area (Å²) in [6, 6.07) is 29.5. The number of methoxy groups -OCH3 is 1. The van der Waals surface area contributed by atoms with Crippen molar-refractivity contribution in [2.75, 3.05) is 13.7 Å². The molecule has 0 amide bonds. The molecule has 1 unspecified atom stereocenters. The maximum atomic E-state index is 12.1. The van der Waals surface area contributed by atoms with Crippen LogP contribution in [-0.2, 0) is 33.9 Å². The minimum atomic E-state index is 0.00640. The Labute approximate surface area is 232 Å². The van der Waals surface area contributed by atoms with Crippen molar-refractivity contribution in [3.05, 3.63) is 102 Å². The summed E-state index contributed by atoms with van der Waals surface area (Å²) in [7, 11) is 1.70. The summed E-state index contributed by atoms with van der Waals surface area (Å²) in [5.41, 5.74) is 3.70. The molecule has 6 rings (SSSR count). The Kier molecular flexibility index (Phi) is 7.83. The zero-order valence-corrected chi connectivity index (χ0v) is 22.8. The first-order valence-electron chi connectivity index (χ1n) is 14.3. The second-order valence-corrected chi connectivity index (χ2v) is 11.6. The minimum Gasteiger partial charge on any atom is -0.497 e. The van der Waals surface area contributed by atoms with Gasteiger partial charge in [-0.3, -0.25) is 4.90 Å². The molecule has 3 fully saturated rings. The molecule has 6 atom stereocenters. The van der Waals surface area contributed by atoms with Crippen molar-refractivity contribution in [3.63, 3.8) is 0 Å². The van der Waals surface area contributed by atoms with Crippen molar-refractivity contribution >= 4 is 6.29 Å². The van der Waals surface area contributed by atoms with Crippen LogP contribution in [-0.4, -0.2) is 48.6 Å². The molecule has 0 aromatic heterocycles. The number of carbonyl (C=O) groups is 1. The average molecular weight is 526 g/mol. The van der Waals surface area contributed by atoms with Crippen LogP contribution in [0.1, 0.15) is 42.4 Å². The molecular formula is C34H39NO4. The number of benzene rings is 3. The standard InChI is InChI=1S/C34H39NO4/c1-37-29-14-12-25(13-15-29)18-31-33(39-24-27-10-6-3-7-11-27)30-20-34(19-28(22-36)21-35(31)34)17-16-32(30)38-23-26-8-4-2-5-9-26/h2-15,22,28,30-33H,16-21,23-24H2,1H3/t28?,30-,31+,32-,33-,34+/m0/s1. The van der Waals surface area contributed by atoms with Crippen molar-refractivity contribution in [1.29, 1.82) is 0 Å². The van der Waals surface area contributed by atoms with Crippen molar-refractivity contribution in [2.24, 2.45) is 11.8 Å². The fourth-order valence-corrected chi connectivity index (χ4v) is 7.44. The van der Waals surface area contributed by atoms with Gasteiger partial charge in [-0.1, -0.05) is 72.8 Å². The van der Waals surface area contributed by atoms with E-state index in [0.29, 0.717) is 13.2 Å². The fraction of sp³-hybridized carbons (Fsp3) is 0.441. The van der Waals surface area contributed by atoms with Gasteiger partial charge in [0.15, 0.2) is 0 Å². The van der Waals surface area contributed by atoms with Crippen LogP contribution in [0.3, 0.4) is 0 Å². The molecule has 3 aliphatic rings. The Morgan fingerprint density at radius 1 is 0.846 bits per heavy atom. The van der Waals surface area contributed by atoms with E-state index < -0.39 is 0 Å². The van der Waals surface area contributed by atoms with Gasteiger partial charge in [-0.25, -0.2) is 0 Å². The molecule has 3 aromatic carbocycles. The van der Waals surface area contributed by atoms with Crippen LogP contribution >= 0.6 is 0 Å². The van der Waals surface area contributed by atoms with E-state index in [-0.39, 0.29) is 35.6 Å². The van der Waals surface area contributed by atoms with E-state index in [9.17, 15) is 4.79 Å². The Hall–Kier alpha value is -2.99. The molecular weight excluding hydrogens is 486 g/mol. The fourth-order valence-electron chi connectivity index (χ4n) is 7.44. The highest BCUT2D eigenvalue weighted by atomic mass is 16.5. The molecule has 3 aromatic rings. The molecule has 5 heteroatoms. The van der Waals surface area contributed by atoms with Crippen LogP contribution in [0.25, 0.3) is 0 Å². The van der Waals surface area contributed by atoms with Crippen LogP contribution in [0.5, 0.6) is 5.75 Å². The van der Waals surface area contributed by atoms with Crippen molar-refractivity contribution in [3.8, 4) is 5.75 Å². The predicted octanol–water partition coefficient (Wildman–Crippen LogP) is 5.85. The summed E-state index contributed by atoms with van der Waals surface area (Å²) in [5.74, 6) is 1.22. The third-order valence-electron chi connectivity index (χ3n) is 9.26. The van der Waals surface area contributed by atoms with Gasteiger partial charge in [0.25, 0.3) is 0 Å². The van der Waals surface area contributed by atoms with Crippen LogP contribution in [0.15, 0.2) is 84.9 Å². The number of hydrogen-bond acceptors (Lipinski definition) is 5. The van der Waals surface area contributed by atoms with E-state index in [1.165, 1.54) is 23.0 Å². The lowest BCUT2D eigenvalue weighted by Crippen LogP contribution is -2.67. The number of rotatable bonds is 10. The molecule has 1 aliphatic carbocycles. The molecule has 0 N–H and O–H groups in total. The van der Waals surface area contributed by atoms with Crippen LogP contribution < -0.4 is 4.74 Å². The molecule has 0 radical (unpaired) electrons. The minimum absolute atomic E-state index is 0.00640. The number of nitrogens with zero attached hydrogens (tertiary/aromatic N) is 1. The summed E-state index contributed by atoms with van der Waals surface area (Å²) in [4.78, 5) is 14.7. The molecule has 1 spiro atoms. The van der Waals surface area contributed by atoms with Crippen LogP contribution in [0.2, 0.25) is 0 Å². The quantitative estimate of drug-likeness (QED) is 0.311. The highest BCUT2D eigenvalue weighted by molar-refractivity contribution is 5.55. The van der Waals surface area contributed by atoms with Crippen molar-refractivity contribution < 1.29 is 19.0 Å². The molecule has 1 saturated carbocycles. The van der Waals surface area contributed by atoms with Gasteiger partial charge in [0.1, 0.15) is 12.0 Å². The van der Waals surface area contributed by atoms with E-state index in [1.807, 2.05) is 24.3 Å². The topological polar surface area (TPSA) is 48.0 Å². The maximum absolute atomic E-state index is 12.1. The number of piperidine rings is 1. The smallest absolute Gasteiger partial charge is 0.124 e. The summed E-state index contributed by atoms with van der Waals surface area (Å²) in [6.45, 7) is 2.01. The lowest BCUT2D eigenvalue weighted by molar-refractivity contribution is -0.184. The van der Waals surface area contributed by atoms with Crippen LogP contribution in [0.4, 0.5) is 0 Å². The molecule has 2 saturated heterocycles. The number of ether oxygens (including phenoxy) is 3. The summed E-state index contributed by atoms with van der Waals surface area (Å²) >= 11 is 0. The normalized spacial score (nSPS) is 30.0. The van der Waals surface area contributed by atoms with Crippen molar-refractivity contribution in [2.45, 2.75) is 69.1 Å². The van der Waals surface area contributed by atoms with E-state index in [0.717, 1.165) is 44.4 Å². The van der Waals surface area contributed by atoms with E-state index in [4.69, 9.17) is 14.2 Å². The van der Waals surface area contributed by atoms with Crippen molar-refractivity contribution in [1.82, 2.24) is 4.90 Å². The van der Waals surface area contributed by atoms with Gasteiger partial charge in [-0.05, 0) is 60.9 Å². The lowest BCUT2D eigenvalue weighted by Gasteiger charge is -2.58. The number of carbonyl (C=O) groups excluding carboxylic acids is 1. The maximum Gasteiger partial charge on any atom is 0.124 e. The molecule has 2 aliphatic heterocycles. The molecule has 5 nitrogen and oxygen atoms in total. The highest BCUT2D eigenvalue weighted by Gasteiger charge is 2.60. The van der Waals surface area contributed by atoms with E-state index in [1.54, 1.807) is 7.11 Å². The Morgan fingerprint density at radius 3 is 2.15 bits per heavy atom. The largest absolute Gasteiger partial charge is 0.497 e. The second-order valence-electron chi connectivity index (χ2n) is 11.6. The van der Waals surface area contributed by atoms with Gasteiger partial charge in [-0.15, -0.1) is 0 Å². The lowest BCUT2D eigenvalue weighted by atomic mass is 9.64. The van der Waals surface area contributed by atoms with E-state index >= 15 is 0 Å². The zero-order chi connectivity index (χ0) is 26.7. The van der Waals surface area contributed by atoms with Gasteiger partial charge in [0.2, 0.25) is 0 Å². The first kappa shape index (κ1) is 26.2. The summed E-state index contributed by atoms with van der Waals surface area (Å²) in [6.07, 6.45) is 6.23. The Balaban J connectivity index is 1.31. The van der Waals surface area contributed by atoms with Gasteiger partial charge in [-0.2, -0.15) is 0 Å². The first-order chi connectivity index (χ1) is 19.2. The molecule has 39 heavy (non-hydrogen) atoms. The predicted molar refractivity (Wildman–Crippen MR) is 151 cm³/mol. The number of fused-ring (bicyclic) bond motifs is 1. The van der Waals surface area contributed by atoms with Gasteiger partial charge in [0, 0.05) is 30.0 Å². The van der Waals surface area contributed by atoms with Crippen LogP contribution in [0, 0.1) is 11.8 Å². The molecule has 204 valence electrons. The SMILES string of the molecule is COc1ccc(C[C@@H]2[C@@H](OCc3ccccc3)[C@H]3C[C@@]4(CC[C@@H]3OCc3ccccc3)CC(C=O)CN24)cc1. The van der Waals surface area contributed by atoms with E-state index in [2.05, 4.69) is 65.6 Å². The Morgan fingerprint density at radius 2 is 1.51 bits per heavy atom. The molecule has 2 bridgehead atoms. The summed E-state index contributed by atoms with van der Waals surface area (Å²) in [5, 5.41) is 0. The zero-order valence-electron chi connectivity index (χ0n) is 22.8. The first-order valence-corrected chi connectivity index (χ1v) is 14.3. The number of aldehydes is 1. The third-order valence-corrected chi connectivity index (χ3v) is 9.26. The van der Waals surface area contributed by atoms with Gasteiger partial charge in [0.05, 0.1) is 32.5 Å².